The zero-order valence-electron chi connectivity index (χ0n) is 8.68. The van der Waals surface area contributed by atoms with Crippen LogP contribution in [0.4, 0.5) is 0 Å². The molecule has 1 heteroatoms. The lowest BCUT2D eigenvalue weighted by molar-refractivity contribution is 0.412. The van der Waals surface area contributed by atoms with Gasteiger partial charge in [0.05, 0.1) is 7.11 Å². The second-order valence-corrected chi connectivity index (χ2v) is 3.73. The Morgan fingerprint density at radius 3 is 2.79 bits per heavy atom. The van der Waals surface area contributed by atoms with Gasteiger partial charge in [-0.25, -0.2) is 0 Å². The van der Waals surface area contributed by atoms with Gasteiger partial charge < -0.3 is 4.74 Å². The molecule has 1 aliphatic carbocycles. The van der Waals surface area contributed by atoms with Gasteiger partial charge in [-0.05, 0) is 42.9 Å². The van der Waals surface area contributed by atoms with Crippen LogP contribution in [0.2, 0.25) is 0 Å². The van der Waals surface area contributed by atoms with E-state index in [-0.39, 0.29) is 0 Å². The SMILES string of the molecule is C=Cc1c(OC)ccc2c1CCCC2. The smallest absolute Gasteiger partial charge is 0.126 e. The topological polar surface area (TPSA) is 9.23 Å². The van der Waals surface area contributed by atoms with Crippen LogP contribution < -0.4 is 4.74 Å². The molecule has 1 aliphatic rings. The van der Waals surface area contributed by atoms with Crippen LogP contribution in [0.1, 0.15) is 29.5 Å². The molecule has 0 amide bonds. The standard InChI is InChI=1S/C13H16O/c1-3-11-12-7-5-4-6-10(12)8-9-13(11)14-2/h3,8-9H,1,4-7H2,2H3. The van der Waals surface area contributed by atoms with Crippen LogP contribution in [0.25, 0.3) is 6.08 Å². The zero-order valence-corrected chi connectivity index (χ0v) is 8.68. The van der Waals surface area contributed by atoms with Gasteiger partial charge in [0.2, 0.25) is 0 Å². The van der Waals surface area contributed by atoms with Gasteiger partial charge in [-0.1, -0.05) is 18.7 Å². The van der Waals surface area contributed by atoms with Crippen molar-refractivity contribution >= 4 is 6.08 Å². The van der Waals surface area contributed by atoms with E-state index in [9.17, 15) is 0 Å². The van der Waals surface area contributed by atoms with Gasteiger partial charge in [0.25, 0.3) is 0 Å². The van der Waals surface area contributed by atoms with Crippen molar-refractivity contribution in [2.24, 2.45) is 0 Å². The Morgan fingerprint density at radius 1 is 1.29 bits per heavy atom. The van der Waals surface area contributed by atoms with Crippen LogP contribution in [0, 0.1) is 0 Å². The fraction of sp³-hybridized carbons (Fsp3) is 0.385. The first kappa shape index (κ1) is 9.32. The second-order valence-electron chi connectivity index (χ2n) is 3.73. The molecule has 1 nitrogen and oxygen atoms in total. The third-order valence-corrected chi connectivity index (χ3v) is 2.96. The molecule has 0 fully saturated rings. The highest BCUT2D eigenvalue weighted by Crippen LogP contribution is 2.31. The van der Waals surface area contributed by atoms with Gasteiger partial charge in [-0.2, -0.15) is 0 Å². The van der Waals surface area contributed by atoms with Crippen molar-refractivity contribution in [3.8, 4) is 5.75 Å². The van der Waals surface area contributed by atoms with Crippen molar-refractivity contribution in [2.45, 2.75) is 25.7 Å². The lowest BCUT2D eigenvalue weighted by Crippen LogP contribution is -2.05. The molecule has 74 valence electrons. The molecule has 14 heavy (non-hydrogen) atoms. The van der Waals surface area contributed by atoms with Gasteiger partial charge in [-0.15, -0.1) is 0 Å². The monoisotopic (exact) mass is 188 g/mol. The van der Waals surface area contributed by atoms with Gasteiger partial charge in [0, 0.05) is 5.56 Å². The minimum Gasteiger partial charge on any atom is -0.496 e. The second kappa shape index (κ2) is 3.87. The summed E-state index contributed by atoms with van der Waals surface area (Å²) in [5.74, 6) is 0.959. The third-order valence-electron chi connectivity index (χ3n) is 2.96. The Labute approximate surface area is 85.4 Å². The van der Waals surface area contributed by atoms with Gasteiger partial charge in [-0.3, -0.25) is 0 Å². The number of aryl methyl sites for hydroxylation is 1. The maximum atomic E-state index is 5.33. The lowest BCUT2D eigenvalue weighted by Gasteiger charge is -2.19. The fourth-order valence-corrected chi connectivity index (χ4v) is 2.24. The summed E-state index contributed by atoms with van der Waals surface area (Å²) >= 11 is 0. The first-order chi connectivity index (χ1) is 6.86. The Hall–Kier alpha value is -1.24. The number of benzene rings is 1. The van der Waals surface area contributed by atoms with Crippen molar-refractivity contribution in [3.63, 3.8) is 0 Å². The number of fused-ring (bicyclic) bond motifs is 1. The maximum absolute atomic E-state index is 5.33. The summed E-state index contributed by atoms with van der Waals surface area (Å²) in [5.41, 5.74) is 4.13. The first-order valence-corrected chi connectivity index (χ1v) is 5.18. The van der Waals surface area contributed by atoms with E-state index in [0.717, 1.165) is 5.75 Å². The molecule has 0 bridgehead atoms. The molecule has 0 spiro atoms. The average Bonchev–Trinajstić information content (AvgIpc) is 2.27. The molecule has 0 saturated heterocycles. The van der Waals surface area contributed by atoms with Crippen LogP contribution >= 0.6 is 0 Å². The molecule has 0 heterocycles. The number of methoxy groups -OCH3 is 1. The molecule has 0 N–H and O–H groups in total. The molecular formula is C13H16O. The lowest BCUT2D eigenvalue weighted by atomic mass is 9.88. The highest BCUT2D eigenvalue weighted by atomic mass is 16.5. The van der Waals surface area contributed by atoms with Crippen LogP contribution in [0.5, 0.6) is 5.75 Å². The van der Waals surface area contributed by atoms with E-state index in [1.807, 2.05) is 6.08 Å². The van der Waals surface area contributed by atoms with Crippen LogP contribution in [-0.4, -0.2) is 7.11 Å². The van der Waals surface area contributed by atoms with E-state index < -0.39 is 0 Å². The summed E-state index contributed by atoms with van der Waals surface area (Å²) in [7, 11) is 1.72. The van der Waals surface area contributed by atoms with E-state index in [0.29, 0.717) is 0 Å². The average molecular weight is 188 g/mol. The minimum atomic E-state index is 0.959. The third kappa shape index (κ3) is 1.43. The highest BCUT2D eigenvalue weighted by molar-refractivity contribution is 5.62. The van der Waals surface area contributed by atoms with Crippen molar-refractivity contribution < 1.29 is 4.74 Å². The summed E-state index contributed by atoms with van der Waals surface area (Å²) in [4.78, 5) is 0. The molecule has 1 aromatic carbocycles. The first-order valence-electron chi connectivity index (χ1n) is 5.18. The Kier molecular flexibility index (Phi) is 2.58. The van der Waals surface area contributed by atoms with E-state index in [4.69, 9.17) is 4.74 Å². The molecule has 0 aliphatic heterocycles. The van der Waals surface area contributed by atoms with Crippen molar-refractivity contribution in [2.75, 3.05) is 7.11 Å². The van der Waals surface area contributed by atoms with Crippen LogP contribution in [-0.2, 0) is 12.8 Å². The zero-order chi connectivity index (χ0) is 9.97. The Morgan fingerprint density at radius 2 is 2.07 bits per heavy atom. The van der Waals surface area contributed by atoms with Gasteiger partial charge >= 0.3 is 0 Å². The fourth-order valence-electron chi connectivity index (χ4n) is 2.24. The summed E-state index contributed by atoms with van der Waals surface area (Å²) in [6.07, 6.45) is 6.91. The highest BCUT2D eigenvalue weighted by Gasteiger charge is 2.14. The molecule has 0 atom stereocenters. The molecule has 1 aromatic rings. The Bertz CT molecular complexity index is 352. The molecule has 0 saturated carbocycles. The van der Waals surface area contributed by atoms with Crippen molar-refractivity contribution in [1.82, 2.24) is 0 Å². The van der Waals surface area contributed by atoms with Crippen LogP contribution in [0.3, 0.4) is 0 Å². The van der Waals surface area contributed by atoms with Gasteiger partial charge in [0.15, 0.2) is 0 Å². The quantitative estimate of drug-likeness (QED) is 0.692. The normalized spacial score (nSPS) is 14.6. The number of ether oxygens (including phenoxy) is 1. The Balaban J connectivity index is 2.55. The van der Waals surface area contributed by atoms with E-state index >= 15 is 0 Å². The van der Waals surface area contributed by atoms with Crippen LogP contribution in [0.15, 0.2) is 18.7 Å². The predicted octanol–water partition coefficient (Wildman–Crippen LogP) is 3.22. The van der Waals surface area contributed by atoms with E-state index in [1.54, 1.807) is 7.11 Å². The maximum Gasteiger partial charge on any atom is 0.126 e. The van der Waals surface area contributed by atoms with E-state index in [2.05, 4.69) is 18.7 Å². The molecular weight excluding hydrogens is 172 g/mol. The van der Waals surface area contributed by atoms with Crippen molar-refractivity contribution in [1.29, 1.82) is 0 Å². The summed E-state index contributed by atoms with van der Waals surface area (Å²) in [6, 6.07) is 4.25. The number of hydrogen-bond donors (Lipinski definition) is 0. The molecule has 2 rings (SSSR count). The minimum absolute atomic E-state index is 0.959. The van der Waals surface area contributed by atoms with Crippen molar-refractivity contribution in [3.05, 3.63) is 35.4 Å². The number of hydrogen-bond acceptors (Lipinski definition) is 1. The molecule has 0 radical (unpaired) electrons. The van der Waals surface area contributed by atoms with E-state index in [1.165, 1.54) is 42.4 Å². The molecule has 0 unspecified atom stereocenters. The largest absolute Gasteiger partial charge is 0.496 e. The predicted molar refractivity (Wildman–Crippen MR) is 59.7 cm³/mol. The number of rotatable bonds is 2. The summed E-state index contributed by atoms with van der Waals surface area (Å²) in [5, 5.41) is 0. The van der Waals surface area contributed by atoms with Gasteiger partial charge in [0.1, 0.15) is 5.75 Å². The summed E-state index contributed by atoms with van der Waals surface area (Å²) < 4.78 is 5.33. The summed E-state index contributed by atoms with van der Waals surface area (Å²) in [6.45, 7) is 3.87. The molecule has 0 aromatic heterocycles.